The molecule has 0 spiro atoms. The van der Waals surface area contributed by atoms with Crippen molar-refractivity contribution in [1.29, 1.82) is 0 Å². The molecule has 2 aromatic carbocycles. The molecule has 144 valence electrons. The van der Waals surface area contributed by atoms with Crippen molar-refractivity contribution in [3.8, 4) is 16.9 Å². The predicted molar refractivity (Wildman–Crippen MR) is 109 cm³/mol. The number of nitrogens with one attached hydrogen (secondary N) is 1. The van der Waals surface area contributed by atoms with Gasteiger partial charge in [-0.15, -0.1) is 0 Å². The largest absolute Gasteiger partial charge is 0.487 e. The summed E-state index contributed by atoms with van der Waals surface area (Å²) in [6.07, 6.45) is 4.39. The van der Waals surface area contributed by atoms with E-state index in [2.05, 4.69) is 16.4 Å². The zero-order chi connectivity index (χ0) is 19.8. The number of rotatable bonds is 4. The number of nitrogens with zero attached hydrogens (tertiary/aromatic N) is 1. The highest BCUT2D eigenvalue weighted by atomic mass is 16.5. The molecule has 0 saturated carbocycles. The van der Waals surface area contributed by atoms with Crippen LogP contribution in [0.3, 0.4) is 0 Å². The summed E-state index contributed by atoms with van der Waals surface area (Å²) in [6.45, 7) is 0.413. The molecule has 29 heavy (non-hydrogen) atoms. The Balaban J connectivity index is 1.27. The second-order valence-corrected chi connectivity index (χ2v) is 7.49. The van der Waals surface area contributed by atoms with Crippen molar-refractivity contribution >= 4 is 11.7 Å². The number of carbonyl (C=O) groups excluding carboxylic acids is 2. The van der Waals surface area contributed by atoms with E-state index in [1.807, 2.05) is 42.5 Å². The molecule has 1 aliphatic carbocycles. The molecule has 2 aliphatic rings. The van der Waals surface area contributed by atoms with Gasteiger partial charge in [0.2, 0.25) is 5.91 Å². The van der Waals surface area contributed by atoms with Crippen molar-refractivity contribution in [3.05, 3.63) is 83.7 Å². The third kappa shape index (κ3) is 3.18. The number of hydrogen-bond acceptors (Lipinski definition) is 4. The zero-order valence-electron chi connectivity index (χ0n) is 15.8. The zero-order valence-corrected chi connectivity index (χ0v) is 15.8. The van der Waals surface area contributed by atoms with Gasteiger partial charge in [0.15, 0.2) is 5.78 Å². The number of ether oxygens (including phenoxy) is 1. The molecule has 5 rings (SSSR count). The van der Waals surface area contributed by atoms with Crippen LogP contribution in [0.2, 0.25) is 0 Å². The van der Waals surface area contributed by atoms with Gasteiger partial charge in [0.1, 0.15) is 11.9 Å². The van der Waals surface area contributed by atoms with Gasteiger partial charge in [0.05, 0.1) is 12.5 Å². The first-order chi connectivity index (χ1) is 14.2. The molecular weight excluding hydrogens is 364 g/mol. The van der Waals surface area contributed by atoms with E-state index < -0.39 is 5.92 Å². The predicted octanol–water partition coefficient (Wildman–Crippen LogP) is 3.54. The van der Waals surface area contributed by atoms with Gasteiger partial charge in [-0.3, -0.25) is 14.6 Å². The first kappa shape index (κ1) is 17.6. The highest BCUT2D eigenvalue weighted by Crippen LogP contribution is 2.38. The number of para-hydroxylation sites is 1. The Labute approximate surface area is 168 Å². The Morgan fingerprint density at radius 1 is 1.00 bits per heavy atom. The van der Waals surface area contributed by atoms with Crippen LogP contribution in [-0.4, -0.2) is 29.3 Å². The molecule has 2 heterocycles. The van der Waals surface area contributed by atoms with Crippen LogP contribution in [0, 0.1) is 0 Å². The van der Waals surface area contributed by atoms with Gasteiger partial charge in [0, 0.05) is 36.4 Å². The molecular formula is C24H20N2O3. The molecule has 5 nitrogen and oxygen atoms in total. The van der Waals surface area contributed by atoms with E-state index in [-0.39, 0.29) is 24.2 Å². The van der Waals surface area contributed by atoms with Crippen molar-refractivity contribution < 1.29 is 14.3 Å². The number of pyridine rings is 1. The quantitative estimate of drug-likeness (QED) is 0.747. The average Bonchev–Trinajstić information content (AvgIpc) is 3.34. The molecule has 1 aromatic heterocycles. The number of amides is 1. The summed E-state index contributed by atoms with van der Waals surface area (Å²) in [6, 6.07) is 17.4. The van der Waals surface area contributed by atoms with Gasteiger partial charge in [-0.1, -0.05) is 42.5 Å². The number of hydrogen-bond donors (Lipinski definition) is 1. The van der Waals surface area contributed by atoms with Gasteiger partial charge in [-0.2, -0.15) is 0 Å². The van der Waals surface area contributed by atoms with Crippen LogP contribution in [0.25, 0.3) is 11.1 Å². The lowest BCUT2D eigenvalue weighted by Crippen LogP contribution is -2.37. The maximum atomic E-state index is 12.7. The third-order valence-electron chi connectivity index (χ3n) is 5.67. The van der Waals surface area contributed by atoms with E-state index in [0.29, 0.717) is 12.1 Å². The van der Waals surface area contributed by atoms with Crippen LogP contribution in [-0.2, 0) is 11.2 Å². The first-order valence-electron chi connectivity index (χ1n) is 9.79. The van der Waals surface area contributed by atoms with E-state index in [4.69, 9.17) is 4.74 Å². The molecule has 0 radical (unpaired) electrons. The van der Waals surface area contributed by atoms with Crippen molar-refractivity contribution in [1.82, 2.24) is 10.3 Å². The summed E-state index contributed by atoms with van der Waals surface area (Å²) in [7, 11) is 0. The number of fused-ring (bicyclic) bond motifs is 2. The van der Waals surface area contributed by atoms with Crippen molar-refractivity contribution in [2.75, 3.05) is 6.54 Å². The molecule has 2 unspecified atom stereocenters. The molecule has 3 aromatic rings. The minimum atomic E-state index is -0.408. The van der Waals surface area contributed by atoms with Crippen LogP contribution in [0.5, 0.6) is 5.75 Å². The van der Waals surface area contributed by atoms with Crippen LogP contribution in [0.4, 0.5) is 0 Å². The van der Waals surface area contributed by atoms with Gasteiger partial charge in [-0.05, 0) is 28.8 Å². The Hall–Kier alpha value is -3.47. The lowest BCUT2D eigenvalue weighted by Gasteiger charge is -2.16. The summed E-state index contributed by atoms with van der Waals surface area (Å²) in [5.74, 6) is 0.388. The summed E-state index contributed by atoms with van der Waals surface area (Å²) < 4.78 is 6.19. The lowest BCUT2D eigenvalue weighted by atomic mass is 10.00. The van der Waals surface area contributed by atoms with Crippen LogP contribution in [0.1, 0.15) is 33.8 Å². The first-order valence-corrected chi connectivity index (χ1v) is 9.79. The minimum Gasteiger partial charge on any atom is -0.487 e. The molecule has 1 N–H and O–H groups in total. The smallest absolute Gasteiger partial charge is 0.228 e. The lowest BCUT2D eigenvalue weighted by molar-refractivity contribution is -0.122. The van der Waals surface area contributed by atoms with E-state index in [0.717, 1.165) is 34.4 Å². The molecule has 0 bridgehead atoms. The van der Waals surface area contributed by atoms with Crippen molar-refractivity contribution in [3.63, 3.8) is 0 Å². The van der Waals surface area contributed by atoms with Crippen molar-refractivity contribution in [2.24, 2.45) is 0 Å². The number of benzene rings is 2. The molecule has 1 amide bonds. The Morgan fingerprint density at radius 3 is 2.66 bits per heavy atom. The van der Waals surface area contributed by atoms with E-state index in [9.17, 15) is 9.59 Å². The molecule has 0 fully saturated rings. The highest BCUT2D eigenvalue weighted by molar-refractivity contribution is 6.06. The summed E-state index contributed by atoms with van der Waals surface area (Å²) in [5, 5.41) is 3.00. The van der Waals surface area contributed by atoms with Gasteiger partial charge >= 0.3 is 0 Å². The number of aromatic nitrogens is 1. The van der Waals surface area contributed by atoms with Crippen LogP contribution >= 0.6 is 0 Å². The van der Waals surface area contributed by atoms with Gasteiger partial charge in [0.25, 0.3) is 0 Å². The summed E-state index contributed by atoms with van der Waals surface area (Å²) in [4.78, 5) is 29.0. The van der Waals surface area contributed by atoms with Crippen LogP contribution in [0.15, 0.2) is 67.0 Å². The maximum absolute atomic E-state index is 12.7. The highest BCUT2D eigenvalue weighted by Gasteiger charge is 2.34. The second-order valence-electron chi connectivity index (χ2n) is 7.49. The van der Waals surface area contributed by atoms with Crippen molar-refractivity contribution in [2.45, 2.75) is 24.9 Å². The van der Waals surface area contributed by atoms with Gasteiger partial charge < -0.3 is 10.1 Å². The second kappa shape index (κ2) is 7.17. The monoisotopic (exact) mass is 384 g/mol. The minimum absolute atomic E-state index is 0.0345. The standard InChI is InChI=1S/C24H20N2O3/c27-22-13-21(19-5-1-2-6-20(19)22)24(28)26-14-17-12-16-4-3-7-18(23(16)29-17)15-8-10-25-11-9-15/h1-11,17,21H,12-14H2,(H,26,28). The maximum Gasteiger partial charge on any atom is 0.228 e. The normalized spacial score (nSPS) is 19.4. The molecule has 1 aliphatic heterocycles. The Kier molecular flexibility index (Phi) is 4.35. The summed E-state index contributed by atoms with van der Waals surface area (Å²) in [5.41, 5.74) is 4.72. The number of ketones is 1. The fourth-order valence-electron chi connectivity index (χ4n) is 4.24. The number of carbonyl (C=O) groups is 2. The van der Waals surface area contributed by atoms with Gasteiger partial charge in [-0.25, -0.2) is 0 Å². The SMILES string of the molecule is O=C1CC(C(=O)NCC2Cc3cccc(-c4ccncc4)c3O2)c2ccccc21. The Morgan fingerprint density at radius 2 is 1.79 bits per heavy atom. The molecule has 0 saturated heterocycles. The number of Topliss-reactive ketones (excluding diaryl/α,β-unsaturated/α-hetero) is 1. The van der Waals surface area contributed by atoms with E-state index >= 15 is 0 Å². The van der Waals surface area contributed by atoms with E-state index in [1.165, 1.54) is 0 Å². The summed E-state index contributed by atoms with van der Waals surface area (Å²) >= 11 is 0. The fourth-order valence-corrected chi connectivity index (χ4v) is 4.24. The average molecular weight is 384 g/mol. The molecule has 2 atom stereocenters. The third-order valence-corrected chi connectivity index (χ3v) is 5.67. The topological polar surface area (TPSA) is 68.3 Å². The fraction of sp³-hybridized carbons (Fsp3) is 0.208. The molecule has 5 heteroatoms. The van der Waals surface area contributed by atoms with E-state index in [1.54, 1.807) is 18.5 Å². The Bertz CT molecular complexity index is 1090. The van der Waals surface area contributed by atoms with Crippen LogP contribution < -0.4 is 10.1 Å².